The van der Waals surface area contributed by atoms with E-state index in [1.165, 1.54) is 11.1 Å². The smallest absolute Gasteiger partial charge is 0.317 e. The van der Waals surface area contributed by atoms with Crippen LogP contribution in [0.3, 0.4) is 0 Å². The lowest BCUT2D eigenvalue weighted by Gasteiger charge is -2.31. The third-order valence-corrected chi connectivity index (χ3v) is 4.41. The predicted octanol–water partition coefficient (Wildman–Crippen LogP) is 0.745. The van der Waals surface area contributed by atoms with E-state index < -0.39 is 0 Å². The molecule has 2 unspecified atom stereocenters. The van der Waals surface area contributed by atoms with Crippen molar-refractivity contribution in [3.63, 3.8) is 0 Å². The number of nitrogens with zero attached hydrogens (tertiary/aromatic N) is 1. The summed E-state index contributed by atoms with van der Waals surface area (Å²) in [6.45, 7) is 6.39. The van der Waals surface area contributed by atoms with Gasteiger partial charge in [-0.25, -0.2) is 0 Å². The molecular weight excluding hydrogens is 246 g/mol. The summed E-state index contributed by atoms with van der Waals surface area (Å²) in [6.07, 6.45) is 1.35. The van der Waals surface area contributed by atoms with Gasteiger partial charge in [0.15, 0.2) is 0 Å². The van der Waals surface area contributed by atoms with Crippen molar-refractivity contribution in [3.8, 4) is 0 Å². The Morgan fingerprint density at radius 3 is 2.42 bits per heavy atom. The fourth-order valence-electron chi connectivity index (χ4n) is 3.17. The minimum absolute atomic E-state index is 0.235. The van der Waals surface area contributed by atoms with Crippen LogP contribution in [0, 0.1) is 11.8 Å². The zero-order valence-electron chi connectivity index (χ0n) is 11.2. The lowest BCUT2D eigenvalue weighted by Crippen LogP contribution is -2.38. The third kappa shape index (κ3) is 2.44. The maximum Gasteiger partial charge on any atom is 0.317 e. The molecule has 5 heteroatoms. The number of morpholine rings is 1. The molecule has 5 nitrogen and oxygen atoms in total. The van der Waals surface area contributed by atoms with E-state index in [1.54, 1.807) is 0 Å². The van der Waals surface area contributed by atoms with Crippen molar-refractivity contribution in [1.82, 2.24) is 4.90 Å². The highest BCUT2D eigenvalue weighted by Crippen LogP contribution is 2.39. The molecule has 2 aliphatic heterocycles. The molecular formula is C14H19NO4. The summed E-state index contributed by atoms with van der Waals surface area (Å²) < 4.78 is 10.1. The van der Waals surface area contributed by atoms with Crippen LogP contribution in [0.25, 0.3) is 0 Å². The normalized spacial score (nSPS) is 32.5. The number of hydrogen-bond donors (Lipinski definition) is 0. The first kappa shape index (κ1) is 12.8. The Kier molecular flexibility index (Phi) is 3.41. The molecule has 2 fully saturated rings. The maximum absolute atomic E-state index is 11.7. The van der Waals surface area contributed by atoms with Crippen LogP contribution < -0.4 is 0 Å². The quantitative estimate of drug-likeness (QED) is 0.419. The summed E-state index contributed by atoms with van der Waals surface area (Å²) in [6, 6.07) is 0. The molecule has 0 spiro atoms. The summed E-state index contributed by atoms with van der Waals surface area (Å²) in [5, 5.41) is 0. The SMILES string of the molecule is CC1=C(CN2CCOCC2)CC2C(=O)OC(=O)C2C1. The van der Waals surface area contributed by atoms with E-state index in [1.807, 2.05) is 0 Å². The van der Waals surface area contributed by atoms with Crippen LogP contribution in [0.4, 0.5) is 0 Å². The first-order chi connectivity index (χ1) is 9.15. The van der Waals surface area contributed by atoms with Gasteiger partial charge in [-0.15, -0.1) is 0 Å². The molecule has 1 aliphatic carbocycles. The molecule has 2 heterocycles. The maximum atomic E-state index is 11.7. The number of allylic oxidation sites excluding steroid dienone is 1. The van der Waals surface area contributed by atoms with E-state index >= 15 is 0 Å². The van der Waals surface area contributed by atoms with Crippen molar-refractivity contribution < 1.29 is 19.1 Å². The average Bonchev–Trinajstić information content (AvgIpc) is 2.67. The molecule has 0 aromatic rings. The largest absolute Gasteiger partial charge is 0.393 e. The number of hydrogen-bond acceptors (Lipinski definition) is 5. The highest BCUT2D eigenvalue weighted by molar-refractivity contribution is 5.97. The number of esters is 2. The molecule has 0 aromatic heterocycles. The molecule has 104 valence electrons. The fourth-order valence-corrected chi connectivity index (χ4v) is 3.17. The van der Waals surface area contributed by atoms with Gasteiger partial charge in [-0.3, -0.25) is 14.5 Å². The van der Waals surface area contributed by atoms with Gasteiger partial charge in [0.05, 0.1) is 25.0 Å². The van der Waals surface area contributed by atoms with Gasteiger partial charge in [0.1, 0.15) is 0 Å². The first-order valence-corrected chi connectivity index (χ1v) is 6.88. The monoisotopic (exact) mass is 265 g/mol. The molecule has 0 saturated carbocycles. The van der Waals surface area contributed by atoms with Gasteiger partial charge in [0, 0.05) is 19.6 Å². The van der Waals surface area contributed by atoms with Crippen molar-refractivity contribution in [2.45, 2.75) is 19.8 Å². The molecule has 0 aromatic carbocycles. The third-order valence-electron chi connectivity index (χ3n) is 4.41. The summed E-state index contributed by atoms with van der Waals surface area (Å²) in [5.74, 6) is -1.14. The van der Waals surface area contributed by atoms with Gasteiger partial charge in [-0.2, -0.15) is 0 Å². The van der Waals surface area contributed by atoms with Gasteiger partial charge in [-0.05, 0) is 19.8 Å². The minimum atomic E-state index is -0.334. The molecule has 0 radical (unpaired) electrons. The number of cyclic esters (lactones) is 2. The van der Waals surface area contributed by atoms with Crippen LogP contribution in [0.1, 0.15) is 19.8 Å². The van der Waals surface area contributed by atoms with Crippen LogP contribution in [-0.2, 0) is 19.1 Å². The second-order valence-corrected chi connectivity index (χ2v) is 5.63. The van der Waals surface area contributed by atoms with Gasteiger partial charge in [0.25, 0.3) is 0 Å². The summed E-state index contributed by atoms with van der Waals surface area (Å²) in [5.41, 5.74) is 2.55. The Balaban J connectivity index is 1.71. The fraction of sp³-hybridized carbons (Fsp3) is 0.714. The van der Waals surface area contributed by atoms with E-state index in [2.05, 4.69) is 11.8 Å². The standard InChI is InChI=1S/C14H19NO4/c1-9-6-11-12(14(17)19-13(11)16)7-10(9)8-15-2-4-18-5-3-15/h11-12H,2-8H2,1H3. The molecule has 3 aliphatic rings. The molecule has 3 rings (SSSR count). The lowest BCUT2D eigenvalue weighted by molar-refractivity contribution is -0.153. The van der Waals surface area contributed by atoms with E-state index in [4.69, 9.17) is 9.47 Å². The first-order valence-electron chi connectivity index (χ1n) is 6.88. The number of carbonyl (C=O) groups is 2. The highest BCUT2D eigenvalue weighted by atomic mass is 16.6. The topological polar surface area (TPSA) is 55.8 Å². The van der Waals surface area contributed by atoms with Crippen molar-refractivity contribution in [2.24, 2.45) is 11.8 Å². The van der Waals surface area contributed by atoms with Gasteiger partial charge in [-0.1, -0.05) is 11.1 Å². The van der Waals surface area contributed by atoms with Crippen LogP contribution in [0.2, 0.25) is 0 Å². The predicted molar refractivity (Wildman–Crippen MR) is 67.3 cm³/mol. The van der Waals surface area contributed by atoms with Gasteiger partial charge in [0.2, 0.25) is 0 Å². The van der Waals surface area contributed by atoms with E-state index in [0.717, 1.165) is 32.8 Å². The number of carbonyl (C=O) groups excluding carboxylic acids is 2. The van der Waals surface area contributed by atoms with Crippen molar-refractivity contribution >= 4 is 11.9 Å². The van der Waals surface area contributed by atoms with E-state index in [-0.39, 0.29) is 23.8 Å². The van der Waals surface area contributed by atoms with Crippen molar-refractivity contribution in [3.05, 3.63) is 11.1 Å². The Morgan fingerprint density at radius 1 is 1.11 bits per heavy atom. The van der Waals surface area contributed by atoms with E-state index in [9.17, 15) is 9.59 Å². The highest BCUT2D eigenvalue weighted by Gasteiger charge is 2.46. The minimum Gasteiger partial charge on any atom is -0.393 e. The van der Waals surface area contributed by atoms with E-state index in [0.29, 0.717) is 12.8 Å². The number of ether oxygens (including phenoxy) is 2. The number of rotatable bonds is 2. The second kappa shape index (κ2) is 5.06. The van der Waals surface area contributed by atoms with Gasteiger partial charge >= 0.3 is 11.9 Å². The summed E-state index contributed by atoms with van der Waals surface area (Å²) in [7, 11) is 0. The lowest BCUT2D eigenvalue weighted by atomic mass is 9.77. The Bertz CT molecular complexity index is 437. The molecule has 0 amide bonds. The van der Waals surface area contributed by atoms with Crippen LogP contribution >= 0.6 is 0 Å². The van der Waals surface area contributed by atoms with Gasteiger partial charge < -0.3 is 9.47 Å². The Labute approximate surface area is 112 Å². The van der Waals surface area contributed by atoms with Crippen LogP contribution in [-0.4, -0.2) is 49.7 Å². The Morgan fingerprint density at radius 2 is 1.74 bits per heavy atom. The second-order valence-electron chi connectivity index (χ2n) is 5.63. The molecule has 2 saturated heterocycles. The zero-order valence-corrected chi connectivity index (χ0v) is 11.2. The molecule has 19 heavy (non-hydrogen) atoms. The van der Waals surface area contributed by atoms with Crippen LogP contribution in [0.5, 0.6) is 0 Å². The van der Waals surface area contributed by atoms with Crippen molar-refractivity contribution in [1.29, 1.82) is 0 Å². The summed E-state index contributed by atoms with van der Waals surface area (Å²) >= 11 is 0. The Hall–Kier alpha value is -1.20. The molecule has 0 N–H and O–H groups in total. The zero-order chi connectivity index (χ0) is 13.4. The summed E-state index contributed by atoms with van der Waals surface area (Å²) in [4.78, 5) is 25.6. The van der Waals surface area contributed by atoms with Crippen LogP contribution in [0.15, 0.2) is 11.1 Å². The average molecular weight is 265 g/mol. The van der Waals surface area contributed by atoms with Crippen molar-refractivity contribution in [2.75, 3.05) is 32.8 Å². The molecule has 2 atom stereocenters. The molecule has 0 bridgehead atoms. The number of fused-ring (bicyclic) bond motifs is 1.